The van der Waals surface area contributed by atoms with Crippen LogP contribution in [0.25, 0.3) is 0 Å². The number of carbonyl (C=O) groups excluding carboxylic acids is 2. The molecule has 0 N–H and O–H groups in total. The summed E-state index contributed by atoms with van der Waals surface area (Å²) in [5.74, 6) is -0.814. The second kappa shape index (κ2) is 55.5. The van der Waals surface area contributed by atoms with Gasteiger partial charge in [-0.2, -0.15) is 0 Å². The monoisotopic (exact) mass is 1050 g/mol. The van der Waals surface area contributed by atoms with Crippen LogP contribution in [0.5, 0.6) is 0 Å². The van der Waals surface area contributed by atoms with Crippen molar-refractivity contribution in [3.63, 3.8) is 0 Å². The molecule has 0 saturated carbocycles. The van der Waals surface area contributed by atoms with Crippen molar-refractivity contribution >= 4 is 19.8 Å². The molecule has 0 aromatic carbocycles. The number of ether oxygens (including phenoxy) is 2. The highest BCUT2D eigenvalue weighted by molar-refractivity contribution is 7.45. The third-order valence-corrected chi connectivity index (χ3v) is 15.5. The van der Waals surface area contributed by atoms with Gasteiger partial charge in [0.2, 0.25) is 0 Å². The van der Waals surface area contributed by atoms with Gasteiger partial charge >= 0.3 is 11.9 Å². The topological polar surface area (TPSA) is 111 Å². The van der Waals surface area contributed by atoms with E-state index in [4.69, 9.17) is 18.5 Å². The Morgan fingerprint density at radius 3 is 1.01 bits per heavy atom. The van der Waals surface area contributed by atoms with Crippen LogP contribution in [0.1, 0.15) is 328 Å². The lowest BCUT2D eigenvalue weighted by molar-refractivity contribution is -0.870. The van der Waals surface area contributed by atoms with Crippen molar-refractivity contribution in [1.29, 1.82) is 0 Å². The lowest BCUT2D eigenvalue weighted by atomic mass is 10.0. The summed E-state index contributed by atoms with van der Waals surface area (Å²) in [4.78, 5) is 37.8. The summed E-state index contributed by atoms with van der Waals surface area (Å²) in [6.07, 6.45) is 65.9. The first-order chi connectivity index (χ1) is 35.5. The summed E-state index contributed by atoms with van der Waals surface area (Å²) in [5.41, 5.74) is 0. The number of hydrogen-bond acceptors (Lipinski definition) is 8. The van der Waals surface area contributed by atoms with Crippen molar-refractivity contribution in [3.05, 3.63) is 12.2 Å². The molecule has 2 atom stereocenters. The van der Waals surface area contributed by atoms with Crippen molar-refractivity contribution in [2.45, 2.75) is 335 Å². The van der Waals surface area contributed by atoms with Gasteiger partial charge in [-0.25, -0.2) is 0 Å². The van der Waals surface area contributed by atoms with Crippen molar-refractivity contribution < 1.29 is 42.1 Å². The van der Waals surface area contributed by atoms with Gasteiger partial charge in [-0.15, -0.1) is 0 Å². The van der Waals surface area contributed by atoms with Crippen LogP contribution < -0.4 is 4.89 Å². The molecule has 0 fully saturated rings. The second-order valence-corrected chi connectivity index (χ2v) is 24.5. The maximum atomic E-state index is 12.8. The molecule has 0 spiro atoms. The average molecular weight is 1050 g/mol. The minimum atomic E-state index is -4.63. The molecule has 0 rings (SSSR count). The van der Waals surface area contributed by atoms with E-state index in [1.165, 1.54) is 263 Å². The molecule has 0 radical (unpaired) electrons. The molecule has 0 aromatic heterocycles. The number of phosphoric ester groups is 1. The summed E-state index contributed by atoms with van der Waals surface area (Å²) in [5, 5.41) is 0. The van der Waals surface area contributed by atoms with Crippen LogP contribution in [0.2, 0.25) is 0 Å². The predicted molar refractivity (Wildman–Crippen MR) is 310 cm³/mol. The Kier molecular flexibility index (Phi) is 54.6. The molecule has 10 heteroatoms. The second-order valence-electron chi connectivity index (χ2n) is 23.1. The molecule has 0 amide bonds. The van der Waals surface area contributed by atoms with E-state index in [1.807, 2.05) is 21.1 Å². The summed E-state index contributed by atoms with van der Waals surface area (Å²) in [6.45, 7) is 4.29. The van der Waals surface area contributed by atoms with E-state index in [2.05, 4.69) is 26.0 Å². The highest BCUT2D eigenvalue weighted by Gasteiger charge is 2.22. The first kappa shape index (κ1) is 71.8. The Balaban J connectivity index is 3.85. The fraction of sp³-hybridized carbons (Fsp3) is 0.937. The number of rotatable bonds is 60. The molecule has 0 aliphatic rings. The van der Waals surface area contributed by atoms with Crippen LogP contribution in [0.4, 0.5) is 0 Å². The van der Waals surface area contributed by atoms with Crippen molar-refractivity contribution in [2.75, 3.05) is 47.5 Å². The number of carbonyl (C=O) groups is 2. The molecule has 2 unspecified atom stereocenters. The minimum Gasteiger partial charge on any atom is -0.756 e. The van der Waals surface area contributed by atoms with Crippen LogP contribution in [0, 0.1) is 0 Å². The van der Waals surface area contributed by atoms with Gasteiger partial charge in [0.05, 0.1) is 27.7 Å². The first-order valence-electron chi connectivity index (χ1n) is 31.9. The fourth-order valence-electron chi connectivity index (χ4n) is 9.60. The van der Waals surface area contributed by atoms with E-state index in [1.54, 1.807) is 0 Å². The number of quaternary nitrogens is 1. The number of phosphoric acid groups is 1. The highest BCUT2D eigenvalue weighted by atomic mass is 31.2. The quantitative estimate of drug-likeness (QED) is 0.0195. The molecule has 0 saturated heterocycles. The summed E-state index contributed by atoms with van der Waals surface area (Å²) in [7, 11) is 1.19. The minimum absolute atomic E-state index is 0.0260. The van der Waals surface area contributed by atoms with Gasteiger partial charge < -0.3 is 27.9 Å². The predicted octanol–water partition coefficient (Wildman–Crippen LogP) is 19.4. The maximum absolute atomic E-state index is 12.8. The smallest absolute Gasteiger partial charge is 0.306 e. The molecule has 9 nitrogen and oxygen atoms in total. The number of allylic oxidation sites excluding steroid dienone is 2. The molecule has 434 valence electrons. The molecular weight excluding hydrogens is 930 g/mol. The van der Waals surface area contributed by atoms with E-state index in [0.29, 0.717) is 17.4 Å². The summed E-state index contributed by atoms with van der Waals surface area (Å²) in [6, 6.07) is 0. The molecule has 0 bridgehead atoms. The lowest BCUT2D eigenvalue weighted by Gasteiger charge is -2.28. The zero-order valence-electron chi connectivity index (χ0n) is 49.4. The molecular formula is C63H124NO8P. The Morgan fingerprint density at radius 1 is 0.411 bits per heavy atom. The van der Waals surface area contributed by atoms with Crippen LogP contribution in [-0.2, 0) is 32.7 Å². The van der Waals surface area contributed by atoms with Crippen molar-refractivity contribution in [3.8, 4) is 0 Å². The first-order valence-corrected chi connectivity index (χ1v) is 33.4. The molecule has 0 aliphatic heterocycles. The number of hydrogen-bond donors (Lipinski definition) is 0. The van der Waals surface area contributed by atoms with E-state index < -0.39 is 26.5 Å². The molecule has 0 heterocycles. The van der Waals surface area contributed by atoms with Crippen LogP contribution >= 0.6 is 7.82 Å². The van der Waals surface area contributed by atoms with Gasteiger partial charge in [-0.05, 0) is 38.5 Å². The third-order valence-electron chi connectivity index (χ3n) is 14.5. The fourth-order valence-corrected chi connectivity index (χ4v) is 10.3. The van der Waals surface area contributed by atoms with Crippen LogP contribution in [0.15, 0.2) is 12.2 Å². The van der Waals surface area contributed by atoms with Gasteiger partial charge in [0.1, 0.15) is 19.8 Å². The standard InChI is InChI=1S/C63H124NO8P/c1-6-8-10-12-14-16-18-20-21-22-23-24-25-26-27-28-29-30-31-32-33-34-35-36-37-38-39-40-41-42-43-44-46-48-50-52-54-56-63(66)72-61(60-71-73(67,68)70-58-57-64(3,4)5)59-69-62(65)55-53-51-49-47-45-19-17-15-13-11-9-7-2/h22-23,61H,6-21,24-60H2,1-5H3/b23-22-. The molecule has 0 aromatic rings. The van der Waals surface area contributed by atoms with E-state index in [9.17, 15) is 19.0 Å². The van der Waals surface area contributed by atoms with E-state index in [-0.39, 0.29) is 32.0 Å². The van der Waals surface area contributed by atoms with Crippen LogP contribution in [-0.4, -0.2) is 70.0 Å². The van der Waals surface area contributed by atoms with Crippen LogP contribution in [0.3, 0.4) is 0 Å². The summed E-state index contributed by atoms with van der Waals surface area (Å²) >= 11 is 0. The molecule has 73 heavy (non-hydrogen) atoms. The zero-order valence-corrected chi connectivity index (χ0v) is 50.3. The van der Waals surface area contributed by atoms with Gasteiger partial charge in [0, 0.05) is 12.8 Å². The third kappa shape index (κ3) is 59.8. The normalized spacial score (nSPS) is 13.2. The van der Waals surface area contributed by atoms with Crippen molar-refractivity contribution in [1.82, 2.24) is 0 Å². The van der Waals surface area contributed by atoms with E-state index >= 15 is 0 Å². The number of esters is 2. The zero-order chi connectivity index (χ0) is 53.5. The Hall–Kier alpha value is -1.25. The molecule has 0 aliphatic carbocycles. The Morgan fingerprint density at radius 2 is 0.699 bits per heavy atom. The van der Waals surface area contributed by atoms with Gasteiger partial charge in [0.15, 0.2) is 6.10 Å². The summed E-state index contributed by atoms with van der Waals surface area (Å²) < 4.78 is 34.1. The Bertz CT molecular complexity index is 1240. The average Bonchev–Trinajstić information content (AvgIpc) is 3.35. The number of likely N-dealkylation sites (N-methyl/N-ethyl adjacent to an activating group) is 1. The SMILES string of the molecule is CCCCCCCCCC/C=C\CCCCCCCCCCCCCCCCCCCCCCCCCCCC(=O)OC(COC(=O)CCCCCCCCCCCCCC)COP(=O)([O-])OCC[N+](C)(C)C. The van der Waals surface area contributed by atoms with Gasteiger partial charge in [-0.3, -0.25) is 14.2 Å². The van der Waals surface area contributed by atoms with Crippen molar-refractivity contribution in [2.24, 2.45) is 0 Å². The number of unbranched alkanes of at least 4 members (excludes halogenated alkanes) is 44. The van der Waals surface area contributed by atoms with E-state index in [0.717, 1.165) is 32.1 Å². The lowest BCUT2D eigenvalue weighted by Crippen LogP contribution is -2.37. The largest absolute Gasteiger partial charge is 0.756 e. The number of nitrogens with zero attached hydrogens (tertiary/aromatic N) is 1. The maximum Gasteiger partial charge on any atom is 0.306 e. The highest BCUT2D eigenvalue weighted by Crippen LogP contribution is 2.38. The Labute approximate surface area is 454 Å². The van der Waals surface area contributed by atoms with Gasteiger partial charge in [-0.1, -0.05) is 289 Å². The van der Waals surface area contributed by atoms with Gasteiger partial charge in [0.25, 0.3) is 7.82 Å².